The molecule has 7 nitrogen and oxygen atoms in total. The van der Waals surface area contributed by atoms with Crippen LogP contribution in [-0.4, -0.2) is 37.0 Å². The molecule has 2 rings (SSSR count). The second kappa shape index (κ2) is 6.69. The van der Waals surface area contributed by atoms with E-state index in [0.29, 0.717) is 12.2 Å². The number of ether oxygens (including phenoxy) is 1. The van der Waals surface area contributed by atoms with Crippen molar-refractivity contribution in [2.24, 2.45) is 0 Å². The molecular weight excluding hydrogens is 281 g/mol. The largest absolute Gasteiger partial charge is 0.484 e. The lowest BCUT2D eigenvalue weighted by molar-refractivity contribution is -0.124. The molecule has 1 aromatic rings. The zero-order valence-corrected chi connectivity index (χ0v) is 11.0. The molecule has 1 unspecified atom stereocenters. The van der Waals surface area contributed by atoms with Gasteiger partial charge in [-0.05, 0) is 30.7 Å². The predicted octanol–water partition coefficient (Wildman–Crippen LogP) is -0.0812. The van der Waals surface area contributed by atoms with Crippen LogP contribution in [0.3, 0.4) is 0 Å². The molecule has 1 aliphatic heterocycles. The molecule has 1 fully saturated rings. The number of benzene rings is 1. The highest BCUT2D eigenvalue weighted by atomic mass is 19.1. The molecule has 112 valence electrons. The van der Waals surface area contributed by atoms with Gasteiger partial charge in [0.15, 0.2) is 6.61 Å². The Hall–Kier alpha value is -2.64. The number of halogens is 1. The Labute approximate surface area is 119 Å². The van der Waals surface area contributed by atoms with Crippen molar-refractivity contribution < 1.29 is 23.5 Å². The Bertz CT molecular complexity index is 547. The standard InChI is InChI=1S/C13H14FN3O4/c14-8-1-3-9(4-2-8)21-7-11(18)15-6-5-10-12(19)17-13(20)16-10/h1-4,10H,5-7H2,(H,15,18)(H2,16,17,19,20). The van der Waals surface area contributed by atoms with Crippen LogP contribution >= 0.6 is 0 Å². The molecule has 0 bridgehead atoms. The lowest BCUT2D eigenvalue weighted by atomic mass is 10.2. The van der Waals surface area contributed by atoms with Gasteiger partial charge in [-0.3, -0.25) is 14.9 Å². The molecule has 21 heavy (non-hydrogen) atoms. The summed E-state index contributed by atoms with van der Waals surface area (Å²) < 4.78 is 17.8. The Morgan fingerprint density at radius 1 is 1.29 bits per heavy atom. The predicted molar refractivity (Wildman–Crippen MR) is 70.0 cm³/mol. The molecule has 0 saturated carbocycles. The summed E-state index contributed by atoms with van der Waals surface area (Å²) in [7, 11) is 0. The Morgan fingerprint density at radius 3 is 2.62 bits per heavy atom. The SMILES string of the molecule is O=C(COc1ccc(F)cc1)NCCC1NC(=O)NC1=O. The third kappa shape index (κ3) is 4.44. The fourth-order valence-corrected chi connectivity index (χ4v) is 1.75. The minimum absolute atomic E-state index is 0.213. The molecule has 0 spiro atoms. The van der Waals surface area contributed by atoms with E-state index in [-0.39, 0.29) is 24.9 Å². The van der Waals surface area contributed by atoms with E-state index < -0.39 is 18.0 Å². The van der Waals surface area contributed by atoms with Gasteiger partial charge in [-0.25, -0.2) is 9.18 Å². The van der Waals surface area contributed by atoms with Crippen molar-refractivity contribution in [1.29, 1.82) is 0 Å². The van der Waals surface area contributed by atoms with Gasteiger partial charge in [0.1, 0.15) is 17.6 Å². The van der Waals surface area contributed by atoms with Gasteiger partial charge in [-0.2, -0.15) is 0 Å². The zero-order chi connectivity index (χ0) is 15.2. The summed E-state index contributed by atoms with van der Waals surface area (Å²) in [6, 6.07) is 4.14. The van der Waals surface area contributed by atoms with Crippen LogP contribution < -0.4 is 20.7 Å². The van der Waals surface area contributed by atoms with Crippen LogP contribution in [0, 0.1) is 5.82 Å². The fraction of sp³-hybridized carbons (Fsp3) is 0.308. The number of hydrogen-bond acceptors (Lipinski definition) is 4. The second-order valence-corrected chi connectivity index (χ2v) is 4.40. The van der Waals surface area contributed by atoms with Gasteiger partial charge in [0, 0.05) is 6.54 Å². The Morgan fingerprint density at radius 2 is 2.00 bits per heavy atom. The van der Waals surface area contributed by atoms with Gasteiger partial charge in [0.05, 0.1) is 0 Å². The number of rotatable bonds is 6. The first kappa shape index (κ1) is 14.8. The minimum atomic E-state index is -0.629. The number of carbonyl (C=O) groups is 3. The molecular formula is C13H14FN3O4. The molecule has 0 radical (unpaired) electrons. The van der Waals surface area contributed by atoms with Crippen LogP contribution in [0.1, 0.15) is 6.42 Å². The Balaban J connectivity index is 1.65. The fourth-order valence-electron chi connectivity index (χ4n) is 1.75. The maximum Gasteiger partial charge on any atom is 0.322 e. The van der Waals surface area contributed by atoms with Gasteiger partial charge < -0.3 is 15.4 Å². The molecule has 3 N–H and O–H groups in total. The van der Waals surface area contributed by atoms with Crippen molar-refractivity contribution in [2.45, 2.75) is 12.5 Å². The van der Waals surface area contributed by atoms with Gasteiger partial charge in [0.2, 0.25) is 0 Å². The molecule has 8 heteroatoms. The summed E-state index contributed by atoms with van der Waals surface area (Å²) in [5.74, 6) is -0.779. The van der Waals surface area contributed by atoms with Crippen molar-refractivity contribution in [3.8, 4) is 5.75 Å². The molecule has 1 saturated heterocycles. The van der Waals surface area contributed by atoms with Crippen LogP contribution in [0.25, 0.3) is 0 Å². The number of nitrogens with one attached hydrogen (secondary N) is 3. The van der Waals surface area contributed by atoms with E-state index in [1.807, 2.05) is 0 Å². The van der Waals surface area contributed by atoms with Crippen molar-refractivity contribution >= 4 is 17.8 Å². The number of hydrogen-bond donors (Lipinski definition) is 3. The molecule has 1 aliphatic rings. The van der Waals surface area contributed by atoms with Crippen LogP contribution in [0.4, 0.5) is 9.18 Å². The monoisotopic (exact) mass is 295 g/mol. The molecule has 1 heterocycles. The summed E-state index contributed by atoms with van der Waals surface area (Å²) in [4.78, 5) is 33.6. The zero-order valence-electron chi connectivity index (χ0n) is 11.0. The van der Waals surface area contributed by atoms with E-state index in [4.69, 9.17) is 4.74 Å². The highest BCUT2D eigenvalue weighted by Gasteiger charge is 2.28. The first-order chi connectivity index (χ1) is 10.0. The topological polar surface area (TPSA) is 96.5 Å². The van der Waals surface area contributed by atoms with E-state index >= 15 is 0 Å². The van der Waals surface area contributed by atoms with Gasteiger partial charge in [0.25, 0.3) is 11.8 Å². The summed E-state index contributed by atoms with van der Waals surface area (Å²) in [6.45, 7) is 0.0127. The van der Waals surface area contributed by atoms with E-state index in [9.17, 15) is 18.8 Å². The maximum absolute atomic E-state index is 12.7. The lowest BCUT2D eigenvalue weighted by Crippen LogP contribution is -2.36. The Kier molecular flexibility index (Phi) is 4.70. The smallest absolute Gasteiger partial charge is 0.322 e. The van der Waals surface area contributed by atoms with Crippen LogP contribution in [0.2, 0.25) is 0 Å². The maximum atomic E-state index is 12.7. The third-order valence-electron chi connectivity index (χ3n) is 2.80. The molecule has 1 atom stereocenters. The first-order valence-corrected chi connectivity index (χ1v) is 6.31. The summed E-state index contributed by atoms with van der Waals surface area (Å²) in [5.41, 5.74) is 0. The third-order valence-corrected chi connectivity index (χ3v) is 2.80. The van der Waals surface area contributed by atoms with E-state index in [1.54, 1.807) is 0 Å². The average Bonchev–Trinajstić information content (AvgIpc) is 2.76. The highest BCUT2D eigenvalue weighted by molar-refractivity contribution is 6.04. The number of carbonyl (C=O) groups excluding carboxylic acids is 3. The van der Waals surface area contributed by atoms with Crippen molar-refractivity contribution in [1.82, 2.24) is 16.0 Å². The van der Waals surface area contributed by atoms with Crippen molar-refractivity contribution in [2.75, 3.05) is 13.2 Å². The summed E-state index contributed by atoms with van der Waals surface area (Å²) in [6.07, 6.45) is 0.292. The lowest BCUT2D eigenvalue weighted by Gasteiger charge is -2.09. The van der Waals surface area contributed by atoms with Gasteiger partial charge in [-0.1, -0.05) is 0 Å². The normalized spacial score (nSPS) is 17.1. The van der Waals surface area contributed by atoms with E-state index in [1.165, 1.54) is 24.3 Å². The van der Waals surface area contributed by atoms with Crippen LogP contribution in [-0.2, 0) is 9.59 Å². The number of urea groups is 1. The molecule has 4 amide bonds. The first-order valence-electron chi connectivity index (χ1n) is 6.31. The minimum Gasteiger partial charge on any atom is -0.484 e. The summed E-state index contributed by atoms with van der Waals surface area (Å²) >= 11 is 0. The molecule has 1 aromatic carbocycles. The van der Waals surface area contributed by atoms with Crippen LogP contribution in [0.5, 0.6) is 5.75 Å². The number of amides is 4. The average molecular weight is 295 g/mol. The second-order valence-electron chi connectivity index (χ2n) is 4.40. The quantitative estimate of drug-likeness (QED) is 0.639. The van der Waals surface area contributed by atoms with E-state index in [2.05, 4.69) is 16.0 Å². The highest BCUT2D eigenvalue weighted by Crippen LogP contribution is 2.10. The van der Waals surface area contributed by atoms with Crippen LogP contribution in [0.15, 0.2) is 24.3 Å². The van der Waals surface area contributed by atoms with Gasteiger partial charge >= 0.3 is 6.03 Å². The van der Waals surface area contributed by atoms with E-state index in [0.717, 1.165) is 0 Å². The van der Waals surface area contributed by atoms with Crippen molar-refractivity contribution in [3.05, 3.63) is 30.1 Å². The van der Waals surface area contributed by atoms with Crippen molar-refractivity contribution in [3.63, 3.8) is 0 Å². The van der Waals surface area contributed by atoms with Gasteiger partial charge in [-0.15, -0.1) is 0 Å². The molecule has 0 aromatic heterocycles. The molecule has 0 aliphatic carbocycles. The summed E-state index contributed by atoms with van der Waals surface area (Å²) in [5, 5.41) is 7.08. The number of imide groups is 1.